The van der Waals surface area contributed by atoms with Crippen LogP contribution in [0.1, 0.15) is 39.2 Å². The zero-order valence-electron chi connectivity index (χ0n) is 10.8. The first-order valence-electron chi connectivity index (χ1n) is 6.42. The third kappa shape index (κ3) is 1.59. The Morgan fingerprint density at radius 2 is 2.22 bits per heavy atom. The zero-order valence-corrected chi connectivity index (χ0v) is 10.8. The molecule has 1 unspecified atom stereocenters. The summed E-state index contributed by atoms with van der Waals surface area (Å²) in [6.07, 6.45) is 3.51. The van der Waals surface area contributed by atoms with Crippen LogP contribution in [0, 0.1) is 11.2 Å². The Balaban J connectivity index is 2.20. The lowest BCUT2D eigenvalue weighted by Crippen LogP contribution is -2.22. The molecule has 2 N–H and O–H groups in total. The first-order chi connectivity index (χ1) is 8.49. The van der Waals surface area contributed by atoms with Gasteiger partial charge in [0.1, 0.15) is 5.82 Å². The largest absolute Gasteiger partial charge is 0.369 e. The SMILES string of the molecule is CC1(C)CCCC1n1c(N)nc2cc(F)ccc21. The number of anilines is 1. The van der Waals surface area contributed by atoms with E-state index in [0.29, 0.717) is 17.5 Å². The normalized spacial score (nSPS) is 22.7. The highest BCUT2D eigenvalue weighted by molar-refractivity contribution is 5.78. The third-order valence-electron chi connectivity index (χ3n) is 4.19. The highest BCUT2D eigenvalue weighted by Gasteiger charge is 2.37. The molecule has 96 valence electrons. The Morgan fingerprint density at radius 1 is 1.44 bits per heavy atom. The number of benzene rings is 1. The van der Waals surface area contributed by atoms with E-state index >= 15 is 0 Å². The van der Waals surface area contributed by atoms with Crippen LogP contribution < -0.4 is 5.73 Å². The van der Waals surface area contributed by atoms with Crippen molar-refractivity contribution in [3.63, 3.8) is 0 Å². The lowest BCUT2D eigenvalue weighted by atomic mass is 9.87. The number of imidazole rings is 1. The number of hydrogen-bond acceptors (Lipinski definition) is 2. The van der Waals surface area contributed by atoms with Gasteiger partial charge in [-0.15, -0.1) is 0 Å². The molecule has 0 aliphatic heterocycles. The van der Waals surface area contributed by atoms with E-state index in [9.17, 15) is 4.39 Å². The van der Waals surface area contributed by atoms with Crippen LogP contribution in [0.3, 0.4) is 0 Å². The molecule has 0 bridgehead atoms. The van der Waals surface area contributed by atoms with E-state index in [2.05, 4.69) is 23.4 Å². The molecule has 0 radical (unpaired) electrons. The van der Waals surface area contributed by atoms with Gasteiger partial charge < -0.3 is 10.3 Å². The van der Waals surface area contributed by atoms with Crippen LogP contribution in [0.15, 0.2) is 18.2 Å². The van der Waals surface area contributed by atoms with E-state index in [1.165, 1.54) is 25.0 Å². The van der Waals surface area contributed by atoms with Crippen molar-refractivity contribution in [2.24, 2.45) is 5.41 Å². The predicted molar refractivity (Wildman–Crippen MR) is 70.8 cm³/mol. The highest BCUT2D eigenvalue weighted by Crippen LogP contribution is 2.47. The summed E-state index contributed by atoms with van der Waals surface area (Å²) in [6.45, 7) is 4.53. The number of halogens is 1. The van der Waals surface area contributed by atoms with E-state index in [4.69, 9.17) is 5.73 Å². The van der Waals surface area contributed by atoms with Crippen LogP contribution in [0.5, 0.6) is 0 Å². The smallest absolute Gasteiger partial charge is 0.201 e. The average molecular weight is 247 g/mol. The van der Waals surface area contributed by atoms with E-state index in [1.807, 2.05) is 0 Å². The summed E-state index contributed by atoms with van der Waals surface area (Å²) in [5.74, 6) is 0.230. The van der Waals surface area contributed by atoms with Gasteiger partial charge in [-0.3, -0.25) is 0 Å². The molecular weight excluding hydrogens is 229 g/mol. The minimum Gasteiger partial charge on any atom is -0.369 e. The molecule has 1 atom stereocenters. The van der Waals surface area contributed by atoms with Crippen LogP contribution in [0.2, 0.25) is 0 Å². The molecule has 1 saturated carbocycles. The molecule has 3 rings (SSSR count). The number of hydrogen-bond donors (Lipinski definition) is 1. The van der Waals surface area contributed by atoms with Gasteiger partial charge in [-0.05, 0) is 30.4 Å². The Labute approximate surface area is 106 Å². The maximum Gasteiger partial charge on any atom is 0.201 e. The zero-order chi connectivity index (χ0) is 12.9. The quantitative estimate of drug-likeness (QED) is 0.838. The first-order valence-corrected chi connectivity index (χ1v) is 6.42. The number of nitrogens with two attached hydrogens (primary N) is 1. The van der Waals surface area contributed by atoms with E-state index in [-0.39, 0.29) is 11.2 Å². The van der Waals surface area contributed by atoms with Gasteiger partial charge in [0.25, 0.3) is 0 Å². The Hall–Kier alpha value is -1.58. The molecule has 1 aliphatic rings. The minimum atomic E-state index is -0.266. The molecule has 1 aromatic carbocycles. The van der Waals surface area contributed by atoms with Crippen molar-refractivity contribution in [2.75, 3.05) is 5.73 Å². The van der Waals surface area contributed by atoms with Gasteiger partial charge >= 0.3 is 0 Å². The second-order valence-corrected chi connectivity index (χ2v) is 5.87. The molecule has 18 heavy (non-hydrogen) atoms. The fourth-order valence-electron chi connectivity index (χ4n) is 3.21. The lowest BCUT2D eigenvalue weighted by molar-refractivity contribution is 0.268. The number of aromatic nitrogens is 2. The molecule has 1 fully saturated rings. The second-order valence-electron chi connectivity index (χ2n) is 5.87. The number of rotatable bonds is 1. The molecule has 1 aliphatic carbocycles. The van der Waals surface area contributed by atoms with Crippen LogP contribution in [0.25, 0.3) is 11.0 Å². The van der Waals surface area contributed by atoms with Crippen molar-refractivity contribution in [3.05, 3.63) is 24.0 Å². The molecular formula is C14H18FN3. The molecule has 3 nitrogen and oxygen atoms in total. The van der Waals surface area contributed by atoms with Crippen molar-refractivity contribution in [2.45, 2.75) is 39.2 Å². The summed E-state index contributed by atoms with van der Waals surface area (Å²) in [6, 6.07) is 5.06. The van der Waals surface area contributed by atoms with Crippen LogP contribution in [0.4, 0.5) is 10.3 Å². The third-order valence-corrected chi connectivity index (χ3v) is 4.19. The fourth-order valence-corrected chi connectivity index (χ4v) is 3.21. The maximum atomic E-state index is 13.2. The minimum absolute atomic E-state index is 0.218. The van der Waals surface area contributed by atoms with Gasteiger partial charge in [0.2, 0.25) is 5.95 Å². The van der Waals surface area contributed by atoms with Crippen molar-refractivity contribution in [3.8, 4) is 0 Å². The number of nitrogens with zero attached hydrogens (tertiary/aromatic N) is 2. The van der Waals surface area contributed by atoms with Crippen LogP contribution >= 0.6 is 0 Å². The van der Waals surface area contributed by atoms with Crippen molar-refractivity contribution in [1.82, 2.24) is 9.55 Å². The number of fused-ring (bicyclic) bond motifs is 1. The van der Waals surface area contributed by atoms with Gasteiger partial charge in [0.15, 0.2) is 0 Å². The summed E-state index contributed by atoms with van der Waals surface area (Å²) in [7, 11) is 0. The van der Waals surface area contributed by atoms with Gasteiger partial charge in [-0.1, -0.05) is 20.3 Å². The van der Waals surface area contributed by atoms with Gasteiger partial charge in [0, 0.05) is 12.1 Å². The van der Waals surface area contributed by atoms with Gasteiger partial charge in [-0.2, -0.15) is 0 Å². The van der Waals surface area contributed by atoms with Gasteiger partial charge in [-0.25, -0.2) is 9.37 Å². The van der Waals surface area contributed by atoms with E-state index < -0.39 is 0 Å². The van der Waals surface area contributed by atoms with Crippen molar-refractivity contribution in [1.29, 1.82) is 0 Å². The maximum absolute atomic E-state index is 13.2. The topological polar surface area (TPSA) is 43.8 Å². The Bertz CT molecular complexity index is 600. The predicted octanol–water partition coefficient (Wildman–Crippen LogP) is 3.51. The first kappa shape index (κ1) is 11.5. The summed E-state index contributed by atoms with van der Waals surface area (Å²) in [5.41, 5.74) is 7.84. The van der Waals surface area contributed by atoms with E-state index in [1.54, 1.807) is 6.07 Å². The second kappa shape index (κ2) is 3.70. The standard InChI is InChI=1S/C14H18FN3/c1-14(2)7-3-4-12(14)18-11-6-5-9(15)8-10(11)17-13(18)16/h5-6,8,12H,3-4,7H2,1-2H3,(H2,16,17). The van der Waals surface area contributed by atoms with Gasteiger partial charge in [0.05, 0.1) is 11.0 Å². The number of nitrogen functional groups attached to an aromatic ring is 1. The molecule has 1 aromatic heterocycles. The van der Waals surface area contributed by atoms with Crippen LogP contribution in [-0.2, 0) is 0 Å². The van der Waals surface area contributed by atoms with E-state index in [0.717, 1.165) is 11.9 Å². The molecule has 1 heterocycles. The molecule has 0 saturated heterocycles. The Kier molecular flexibility index (Phi) is 2.37. The van der Waals surface area contributed by atoms with Crippen molar-refractivity contribution < 1.29 is 4.39 Å². The summed E-state index contributed by atoms with van der Waals surface area (Å²) >= 11 is 0. The average Bonchev–Trinajstić information content (AvgIpc) is 2.76. The summed E-state index contributed by atoms with van der Waals surface area (Å²) in [4.78, 5) is 4.28. The van der Waals surface area contributed by atoms with Crippen LogP contribution in [-0.4, -0.2) is 9.55 Å². The Morgan fingerprint density at radius 3 is 2.89 bits per heavy atom. The molecule has 4 heteroatoms. The monoisotopic (exact) mass is 247 g/mol. The van der Waals surface area contributed by atoms with Crippen molar-refractivity contribution >= 4 is 17.0 Å². The molecule has 0 amide bonds. The fraction of sp³-hybridized carbons (Fsp3) is 0.500. The molecule has 2 aromatic rings. The lowest BCUT2D eigenvalue weighted by Gasteiger charge is -2.29. The summed E-state index contributed by atoms with van der Waals surface area (Å²) in [5, 5.41) is 0. The highest BCUT2D eigenvalue weighted by atomic mass is 19.1. The molecule has 0 spiro atoms. The summed E-state index contributed by atoms with van der Waals surface area (Å²) < 4.78 is 15.3.